The Hall–Kier alpha value is -0.0300. The van der Waals surface area contributed by atoms with Crippen LogP contribution in [-0.2, 0) is 4.74 Å². The second kappa shape index (κ2) is 11.1. The molecule has 2 atom stereocenters. The largest absolute Gasteiger partial charge is 0.379 e. The Morgan fingerprint density at radius 1 is 1.38 bits per heavy atom. The first-order chi connectivity index (χ1) is 12.2. The summed E-state index contributed by atoms with van der Waals surface area (Å²) in [4.78, 5) is 8.47. The predicted molar refractivity (Wildman–Crippen MR) is 125 cm³/mol. The summed E-state index contributed by atoms with van der Waals surface area (Å²) in [5, 5.41) is 9.24. The van der Waals surface area contributed by atoms with Gasteiger partial charge in [0.15, 0.2) is 5.96 Å². The Labute approximate surface area is 182 Å². The van der Waals surface area contributed by atoms with Gasteiger partial charge in [-0.1, -0.05) is 13.0 Å². The van der Waals surface area contributed by atoms with Crippen LogP contribution in [0.15, 0.2) is 22.5 Å². The smallest absolute Gasteiger partial charge is 0.191 e. The second-order valence-corrected chi connectivity index (χ2v) is 8.93. The molecule has 26 heavy (non-hydrogen) atoms. The van der Waals surface area contributed by atoms with Crippen LogP contribution in [0.1, 0.15) is 24.1 Å². The minimum absolute atomic E-state index is 0. The van der Waals surface area contributed by atoms with E-state index in [1.54, 1.807) is 0 Å². The highest BCUT2D eigenvalue weighted by molar-refractivity contribution is 14.0. The Kier molecular flexibility index (Phi) is 9.49. The number of nitrogens with zero attached hydrogens (tertiary/aromatic N) is 2. The number of guanidine groups is 1. The molecule has 1 aromatic heterocycles. The van der Waals surface area contributed by atoms with E-state index in [0.717, 1.165) is 45.4 Å². The lowest BCUT2D eigenvalue weighted by atomic mass is 9.95. The number of morpholine rings is 1. The molecule has 2 fully saturated rings. The van der Waals surface area contributed by atoms with Gasteiger partial charge in [0.25, 0.3) is 0 Å². The van der Waals surface area contributed by atoms with Crippen molar-refractivity contribution in [3.63, 3.8) is 0 Å². The fourth-order valence-corrected chi connectivity index (χ4v) is 5.79. The van der Waals surface area contributed by atoms with Gasteiger partial charge in [0.05, 0.1) is 13.2 Å². The van der Waals surface area contributed by atoms with E-state index in [0.29, 0.717) is 5.92 Å². The van der Waals surface area contributed by atoms with Crippen LogP contribution in [0, 0.1) is 0 Å². The molecule has 2 aliphatic rings. The average molecular weight is 511 g/mol. The van der Waals surface area contributed by atoms with Gasteiger partial charge in [-0.3, -0.25) is 9.89 Å². The molecule has 0 radical (unpaired) electrons. The number of halogens is 1. The summed E-state index contributed by atoms with van der Waals surface area (Å²) in [6.45, 7) is 7.92. The van der Waals surface area contributed by atoms with Crippen molar-refractivity contribution < 1.29 is 4.74 Å². The van der Waals surface area contributed by atoms with Gasteiger partial charge in [-0.25, -0.2) is 0 Å². The normalized spacial score (nSPS) is 25.5. The highest BCUT2D eigenvalue weighted by atomic mass is 127. The molecule has 2 unspecified atom stereocenters. The third-order valence-corrected chi connectivity index (χ3v) is 7.52. The summed E-state index contributed by atoms with van der Waals surface area (Å²) < 4.78 is 5.55. The van der Waals surface area contributed by atoms with E-state index < -0.39 is 0 Å². The number of thiophene rings is 1. The molecule has 3 rings (SSSR count). The van der Waals surface area contributed by atoms with Crippen molar-refractivity contribution in [1.29, 1.82) is 0 Å². The summed E-state index contributed by atoms with van der Waals surface area (Å²) >= 11 is 3.89. The van der Waals surface area contributed by atoms with Gasteiger partial charge in [-0.2, -0.15) is 11.8 Å². The van der Waals surface area contributed by atoms with Crippen LogP contribution >= 0.6 is 47.1 Å². The zero-order valence-electron chi connectivity index (χ0n) is 15.7. The average Bonchev–Trinajstić information content (AvgIpc) is 3.35. The number of ether oxygens (including phenoxy) is 1. The molecule has 0 bridgehead atoms. The molecule has 5 nitrogen and oxygen atoms in total. The molecule has 1 aromatic rings. The zero-order valence-corrected chi connectivity index (χ0v) is 19.7. The summed E-state index contributed by atoms with van der Waals surface area (Å²) in [6, 6.07) is 4.32. The highest BCUT2D eigenvalue weighted by Crippen LogP contribution is 2.33. The minimum Gasteiger partial charge on any atom is -0.379 e. The fraction of sp³-hybridized carbons (Fsp3) is 0.722. The summed E-state index contributed by atoms with van der Waals surface area (Å²) in [6.07, 6.45) is 1.24. The fourth-order valence-electron chi connectivity index (χ4n) is 3.53. The standard InChI is InChI=1S/C18H30N4OS2.HI/c1-15(16-4-3-10-25-16)12-20-17(19-2)21-13-18(5-11-24-14-18)22-6-8-23-9-7-22;/h3-4,10,15H,5-9,11-14H2,1-2H3,(H2,19,20,21);1H. The van der Waals surface area contributed by atoms with Gasteiger partial charge in [0, 0.05) is 55.3 Å². The molecule has 3 heterocycles. The molecule has 2 aliphatic heterocycles. The van der Waals surface area contributed by atoms with Gasteiger partial charge in [0.2, 0.25) is 0 Å². The van der Waals surface area contributed by atoms with E-state index >= 15 is 0 Å². The summed E-state index contributed by atoms with van der Waals surface area (Å²) in [5.74, 6) is 3.85. The van der Waals surface area contributed by atoms with Crippen LogP contribution in [-0.4, -0.2) is 74.3 Å². The van der Waals surface area contributed by atoms with Crippen molar-refractivity contribution >= 4 is 53.0 Å². The third kappa shape index (κ3) is 5.73. The van der Waals surface area contributed by atoms with E-state index in [1.807, 2.05) is 18.4 Å². The lowest BCUT2D eigenvalue weighted by Crippen LogP contribution is -2.60. The van der Waals surface area contributed by atoms with E-state index in [4.69, 9.17) is 4.74 Å². The van der Waals surface area contributed by atoms with E-state index in [2.05, 4.69) is 56.7 Å². The van der Waals surface area contributed by atoms with Gasteiger partial charge in [-0.15, -0.1) is 35.3 Å². The molecule has 0 spiro atoms. The SMILES string of the molecule is CN=C(NCC(C)c1cccs1)NCC1(N2CCOCC2)CCSC1.I. The molecule has 2 N–H and O–H groups in total. The number of rotatable bonds is 6. The quantitative estimate of drug-likeness (QED) is 0.350. The number of nitrogens with one attached hydrogen (secondary N) is 2. The Bertz CT molecular complexity index is 543. The second-order valence-electron chi connectivity index (χ2n) is 6.85. The molecule has 0 amide bonds. The van der Waals surface area contributed by atoms with Crippen molar-refractivity contribution in [3.05, 3.63) is 22.4 Å². The van der Waals surface area contributed by atoms with Crippen LogP contribution < -0.4 is 10.6 Å². The number of aliphatic imine (C=N–C) groups is 1. The molecule has 2 saturated heterocycles. The maximum atomic E-state index is 5.55. The maximum absolute atomic E-state index is 5.55. The van der Waals surface area contributed by atoms with Crippen molar-refractivity contribution in [1.82, 2.24) is 15.5 Å². The zero-order chi connectivity index (χ0) is 17.5. The predicted octanol–water partition coefficient (Wildman–Crippen LogP) is 2.84. The van der Waals surface area contributed by atoms with Crippen molar-refractivity contribution in [2.24, 2.45) is 4.99 Å². The lowest BCUT2D eigenvalue weighted by Gasteiger charge is -2.43. The number of thioether (sulfide) groups is 1. The highest BCUT2D eigenvalue weighted by Gasteiger charge is 2.40. The number of hydrogen-bond donors (Lipinski definition) is 2. The molecule has 148 valence electrons. The molecule has 0 saturated carbocycles. The lowest BCUT2D eigenvalue weighted by molar-refractivity contribution is -0.0120. The first kappa shape index (κ1) is 22.3. The molecular formula is C18H31IN4OS2. The van der Waals surface area contributed by atoms with Gasteiger partial charge in [0.1, 0.15) is 0 Å². The van der Waals surface area contributed by atoms with E-state index in [-0.39, 0.29) is 29.5 Å². The van der Waals surface area contributed by atoms with Gasteiger partial charge in [-0.05, 0) is 23.6 Å². The van der Waals surface area contributed by atoms with Crippen molar-refractivity contribution in [2.45, 2.75) is 24.8 Å². The third-order valence-electron chi connectivity index (χ3n) is 5.18. The Morgan fingerprint density at radius 2 is 2.19 bits per heavy atom. The summed E-state index contributed by atoms with van der Waals surface area (Å²) in [5.41, 5.74) is 0.242. The van der Waals surface area contributed by atoms with Crippen LogP contribution in [0.5, 0.6) is 0 Å². The van der Waals surface area contributed by atoms with Crippen molar-refractivity contribution in [2.75, 3.05) is 57.9 Å². The Morgan fingerprint density at radius 3 is 2.81 bits per heavy atom. The number of hydrogen-bond acceptors (Lipinski definition) is 5. The van der Waals surface area contributed by atoms with Gasteiger partial charge < -0.3 is 15.4 Å². The van der Waals surface area contributed by atoms with E-state index in [1.165, 1.54) is 22.8 Å². The molecular weight excluding hydrogens is 479 g/mol. The van der Waals surface area contributed by atoms with Crippen LogP contribution in [0.2, 0.25) is 0 Å². The molecule has 0 aromatic carbocycles. The minimum atomic E-state index is 0. The maximum Gasteiger partial charge on any atom is 0.191 e. The monoisotopic (exact) mass is 510 g/mol. The Balaban J connectivity index is 0.00000243. The van der Waals surface area contributed by atoms with Crippen LogP contribution in [0.25, 0.3) is 0 Å². The van der Waals surface area contributed by atoms with Crippen LogP contribution in [0.3, 0.4) is 0 Å². The first-order valence-electron chi connectivity index (χ1n) is 9.12. The molecule has 8 heteroatoms. The molecule has 0 aliphatic carbocycles. The van der Waals surface area contributed by atoms with Crippen molar-refractivity contribution in [3.8, 4) is 0 Å². The topological polar surface area (TPSA) is 48.9 Å². The first-order valence-corrected chi connectivity index (χ1v) is 11.2. The van der Waals surface area contributed by atoms with Crippen LogP contribution in [0.4, 0.5) is 0 Å². The van der Waals surface area contributed by atoms with Gasteiger partial charge >= 0.3 is 0 Å². The van der Waals surface area contributed by atoms with E-state index in [9.17, 15) is 0 Å². The summed E-state index contributed by atoms with van der Waals surface area (Å²) in [7, 11) is 1.86.